The van der Waals surface area contributed by atoms with E-state index in [9.17, 15) is 14.4 Å². The van der Waals surface area contributed by atoms with E-state index in [1.807, 2.05) is 19.9 Å². The topological polar surface area (TPSA) is 90.9 Å². The van der Waals surface area contributed by atoms with E-state index in [0.717, 1.165) is 25.7 Å². The van der Waals surface area contributed by atoms with Gasteiger partial charge in [0.2, 0.25) is 0 Å². The Hall–Kier alpha value is -2.57. The van der Waals surface area contributed by atoms with Crippen molar-refractivity contribution in [2.75, 3.05) is 6.73 Å². The van der Waals surface area contributed by atoms with Gasteiger partial charge in [-0.3, -0.25) is 14.9 Å². The normalized spacial score (nSPS) is 38.1. The van der Waals surface area contributed by atoms with Crippen molar-refractivity contribution in [3.63, 3.8) is 0 Å². The van der Waals surface area contributed by atoms with Gasteiger partial charge in [-0.05, 0) is 69.8 Å². The van der Waals surface area contributed by atoms with E-state index < -0.39 is 28.8 Å². The Labute approximate surface area is 170 Å². The van der Waals surface area contributed by atoms with Crippen LogP contribution in [0.4, 0.5) is 4.79 Å². The summed E-state index contributed by atoms with van der Waals surface area (Å²) < 4.78 is 15.2. The van der Waals surface area contributed by atoms with Crippen molar-refractivity contribution in [2.24, 2.45) is 34.5 Å². The van der Waals surface area contributed by atoms with Crippen LogP contribution in [0.3, 0.4) is 0 Å². The van der Waals surface area contributed by atoms with Gasteiger partial charge in [-0.1, -0.05) is 24.3 Å². The van der Waals surface area contributed by atoms with Crippen molar-refractivity contribution in [1.82, 2.24) is 5.32 Å². The van der Waals surface area contributed by atoms with Crippen molar-refractivity contribution in [2.45, 2.75) is 39.5 Å². The number of fused-ring (bicyclic) bond motifs is 4. The molecule has 0 aliphatic heterocycles. The molecule has 1 N–H and O–H groups in total. The highest BCUT2D eigenvalue weighted by Crippen LogP contribution is 2.53. The van der Waals surface area contributed by atoms with Crippen molar-refractivity contribution in [1.29, 1.82) is 0 Å². The molecule has 6 atom stereocenters. The lowest BCUT2D eigenvalue weighted by Crippen LogP contribution is -2.37. The van der Waals surface area contributed by atoms with Crippen LogP contribution < -0.4 is 5.32 Å². The van der Waals surface area contributed by atoms with Gasteiger partial charge in [-0.15, -0.1) is 0 Å². The maximum absolute atomic E-state index is 12.5. The van der Waals surface area contributed by atoms with Crippen LogP contribution >= 0.6 is 0 Å². The molecule has 6 unspecified atom stereocenters. The first-order chi connectivity index (χ1) is 13.7. The van der Waals surface area contributed by atoms with E-state index in [0.29, 0.717) is 11.8 Å². The molecule has 0 heterocycles. The molecule has 4 rings (SSSR count). The van der Waals surface area contributed by atoms with Crippen molar-refractivity contribution in [3.8, 4) is 0 Å². The highest BCUT2D eigenvalue weighted by atomic mass is 16.7. The second-order valence-electron chi connectivity index (χ2n) is 9.12. The first-order valence-electron chi connectivity index (χ1n) is 10.1. The monoisotopic (exact) mass is 401 g/mol. The largest absolute Gasteiger partial charge is 0.444 e. The van der Waals surface area contributed by atoms with Gasteiger partial charge in [0.15, 0.2) is 6.73 Å². The zero-order valence-electron chi connectivity index (χ0n) is 16.8. The van der Waals surface area contributed by atoms with Crippen LogP contribution in [-0.4, -0.2) is 24.8 Å². The number of carbonyl (C=O) groups excluding carboxylic acids is 3. The lowest BCUT2D eigenvalue weighted by Gasteiger charge is -2.29. The summed E-state index contributed by atoms with van der Waals surface area (Å²) in [7, 11) is 0. The highest BCUT2D eigenvalue weighted by Gasteiger charge is 2.52. The number of allylic oxidation sites excluding steroid dienone is 4. The summed E-state index contributed by atoms with van der Waals surface area (Å²) in [4.78, 5) is 36.8. The Morgan fingerprint density at radius 3 is 1.97 bits per heavy atom. The van der Waals surface area contributed by atoms with Gasteiger partial charge in [-0.2, -0.15) is 0 Å². The summed E-state index contributed by atoms with van der Waals surface area (Å²) in [6.45, 7) is 6.93. The molecule has 0 saturated heterocycles. The fraction of sp³-hybridized carbons (Fsp3) is 0.591. The smallest absolute Gasteiger partial charge is 0.417 e. The second kappa shape index (κ2) is 7.04. The van der Waals surface area contributed by atoms with Gasteiger partial charge >= 0.3 is 18.0 Å². The summed E-state index contributed by atoms with van der Waals surface area (Å²) in [5.74, 6) is -0.0145. The standard InChI is InChI=1S/C22H27NO6/c1-13(28-19(25)22(3)11-15-5-7-17(22)9-15)29-20(26)23-12-27-18(24)21(2)10-14-4-6-16(21)8-14/h4-7,14-17H,1,8-12H2,2-3H3,(H,23,26). The third-order valence-corrected chi connectivity index (χ3v) is 7.12. The predicted molar refractivity (Wildman–Crippen MR) is 103 cm³/mol. The number of alkyl carbamates (subject to hydrolysis) is 1. The quantitative estimate of drug-likeness (QED) is 0.317. The molecular weight excluding hydrogens is 374 g/mol. The minimum absolute atomic E-state index is 0.142. The minimum Gasteiger partial charge on any atom is -0.444 e. The summed E-state index contributed by atoms with van der Waals surface area (Å²) in [5.41, 5.74) is -1.17. The van der Waals surface area contributed by atoms with Crippen LogP contribution in [-0.2, 0) is 23.8 Å². The third-order valence-electron chi connectivity index (χ3n) is 7.12. The Morgan fingerprint density at radius 1 is 0.931 bits per heavy atom. The van der Waals surface area contributed by atoms with Gasteiger partial charge in [0.1, 0.15) is 0 Å². The number of nitrogens with one attached hydrogen (secondary N) is 1. The van der Waals surface area contributed by atoms with Gasteiger partial charge in [0, 0.05) is 0 Å². The van der Waals surface area contributed by atoms with E-state index >= 15 is 0 Å². The van der Waals surface area contributed by atoms with E-state index in [1.165, 1.54) is 0 Å². The van der Waals surface area contributed by atoms with Crippen LogP contribution in [0, 0.1) is 34.5 Å². The zero-order chi connectivity index (χ0) is 20.8. The molecule has 4 bridgehead atoms. The van der Waals surface area contributed by atoms with Crippen LogP contribution in [0.5, 0.6) is 0 Å². The lowest BCUT2D eigenvalue weighted by molar-refractivity contribution is -0.157. The molecule has 7 nitrogen and oxygen atoms in total. The fourth-order valence-corrected chi connectivity index (χ4v) is 5.36. The number of hydrogen-bond donors (Lipinski definition) is 1. The number of hydrogen-bond acceptors (Lipinski definition) is 6. The van der Waals surface area contributed by atoms with Crippen molar-refractivity contribution in [3.05, 3.63) is 36.8 Å². The van der Waals surface area contributed by atoms with E-state index in [-0.39, 0.29) is 24.5 Å². The summed E-state index contributed by atoms with van der Waals surface area (Å²) in [6.07, 6.45) is 10.9. The first kappa shape index (κ1) is 19.7. The average Bonchev–Trinajstić information content (AvgIpc) is 3.41. The lowest BCUT2D eigenvalue weighted by atomic mass is 9.78. The Morgan fingerprint density at radius 2 is 1.48 bits per heavy atom. The molecule has 0 aromatic carbocycles. The van der Waals surface area contributed by atoms with Gasteiger partial charge in [0.25, 0.3) is 5.95 Å². The molecule has 0 spiro atoms. The summed E-state index contributed by atoms with van der Waals surface area (Å²) >= 11 is 0. The SMILES string of the molecule is C=C(OC(=O)NCOC(=O)C1(C)CC2C=CC1C2)OC(=O)C1(C)CC2C=CC1C2. The first-order valence-corrected chi connectivity index (χ1v) is 10.1. The van der Waals surface area contributed by atoms with Crippen LogP contribution in [0.2, 0.25) is 0 Å². The Balaban J connectivity index is 1.18. The average molecular weight is 401 g/mol. The van der Waals surface area contributed by atoms with Crippen LogP contribution in [0.25, 0.3) is 0 Å². The zero-order valence-corrected chi connectivity index (χ0v) is 16.8. The molecule has 0 radical (unpaired) electrons. The Bertz CT molecular complexity index is 816. The maximum atomic E-state index is 12.5. The molecule has 0 aromatic rings. The fourth-order valence-electron chi connectivity index (χ4n) is 5.36. The van der Waals surface area contributed by atoms with Crippen molar-refractivity contribution < 1.29 is 28.6 Å². The number of esters is 2. The van der Waals surface area contributed by atoms with Gasteiger partial charge in [0.05, 0.1) is 10.8 Å². The molecule has 4 aliphatic carbocycles. The molecule has 7 heteroatoms. The molecule has 1 amide bonds. The molecule has 156 valence electrons. The number of ether oxygens (including phenoxy) is 3. The molecule has 2 saturated carbocycles. The number of amides is 1. The minimum atomic E-state index is -0.897. The molecule has 0 aromatic heterocycles. The summed E-state index contributed by atoms with van der Waals surface area (Å²) in [6, 6.07) is 0. The van der Waals surface area contributed by atoms with Gasteiger partial charge < -0.3 is 14.2 Å². The van der Waals surface area contributed by atoms with Crippen molar-refractivity contribution >= 4 is 18.0 Å². The van der Waals surface area contributed by atoms with Gasteiger partial charge in [-0.25, -0.2) is 4.79 Å². The second-order valence-corrected chi connectivity index (χ2v) is 9.12. The maximum Gasteiger partial charge on any atom is 0.417 e. The third kappa shape index (κ3) is 3.47. The van der Waals surface area contributed by atoms with E-state index in [1.54, 1.807) is 0 Å². The summed E-state index contributed by atoms with van der Waals surface area (Å²) in [5, 5.41) is 2.32. The van der Waals surface area contributed by atoms with E-state index in [4.69, 9.17) is 14.2 Å². The molecular formula is C22H27NO6. The van der Waals surface area contributed by atoms with Crippen LogP contribution in [0.1, 0.15) is 39.5 Å². The van der Waals surface area contributed by atoms with Crippen LogP contribution in [0.15, 0.2) is 36.8 Å². The predicted octanol–water partition coefficient (Wildman–Crippen LogP) is 3.43. The molecule has 29 heavy (non-hydrogen) atoms. The Kier molecular flexibility index (Phi) is 4.79. The molecule has 2 fully saturated rings. The number of carbonyl (C=O) groups is 3. The van der Waals surface area contributed by atoms with E-state index in [2.05, 4.69) is 30.1 Å². The number of rotatable bonds is 6. The highest BCUT2D eigenvalue weighted by molar-refractivity contribution is 5.80. The molecule has 4 aliphatic rings.